The number of nitrogens with zero attached hydrogens (tertiary/aromatic N) is 3. The number of ether oxygens (including phenoxy) is 3. The lowest BCUT2D eigenvalue weighted by molar-refractivity contribution is 0.0514. The van der Waals surface area contributed by atoms with Crippen molar-refractivity contribution in [2.75, 3.05) is 38.9 Å². The van der Waals surface area contributed by atoms with Crippen LogP contribution in [0.2, 0.25) is 0 Å². The Kier molecular flexibility index (Phi) is 8.18. The number of carbonyl (C=O) groups is 2. The molecule has 0 saturated heterocycles. The molecule has 0 fully saturated rings. The van der Waals surface area contributed by atoms with Gasteiger partial charge in [-0.05, 0) is 13.0 Å². The summed E-state index contributed by atoms with van der Waals surface area (Å²) in [6, 6.07) is 2.83. The third-order valence-corrected chi connectivity index (χ3v) is 7.02. The van der Waals surface area contributed by atoms with Crippen LogP contribution in [0.1, 0.15) is 47.3 Å². The molecule has 0 aliphatic heterocycles. The van der Waals surface area contributed by atoms with Gasteiger partial charge in [-0.2, -0.15) is 4.80 Å². The summed E-state index contributed by atoms with van der Waals surface area (Å²) < 4.78 is 33.3. The molecule has 11 nitrogen and oxygen atoms in total. The number of anilines is 1. The highest BCUT2D eigenvalue weighted by molar-refractivity contribution is 7.58. The minimum atomic E-state index is -2.85. The maximum atomic E-state index is 13.2. The summed E-state index contributed by atoms with van der Waals surface area (Å²) in [6.07, 6.45) is 0.674. The van der Waals surface area contributed by atoms with Crippen molar-refractivity contribution in [3.63, 3.8) is 0 Å². The summed E-state index contributed by atoms with van der Waals surface area (Å²) in [5.74, 6) is -0.873. The molecule has 0 aliphatic rings. The average molecular weight is 454 g/mol. The highest BCUT2D eigenvalue weighted by Crippen LogP contribution is 2.46. The Balaban J connectivity index is 2.48. The van der Waals surface area contributed by atoms with Gasteiger partial charge in [0.1, 0.15) is 0 Å². The molecule has 31 heavy (non-hydrogen) atoms. The topological polar surface area (TPSA) is 145 Å². The molecule has 0 spiro atoms. The number of carbonyl (C=O) groups excluding carboxylic acids is 2. The number of esters is 1. The van der Waals surface area contributed by atoms with E-state index in [2.05, 4.69) is 10.2 Å². The number of hydrogen-bond donors (Lipinski definition) is 1. The number of aromatic nitrogens is 3. The van der Waals surface area contributed by atoms with Gasteiger partial charge in [0.15, 0.2) is 23.9 Å². The van der Waals surface area contributed by atoms with E-state index in [1.165, 1.54) is 26.4 Å². The Morgan fingerprint density at radius 1 is 1.03 bits per heavy atom. The largest absolute Gasteiger partial charge is 0.493 e. The van der Waals surface area contributed by atoms with Crippen molar-refractivity contribution < 1.29 is 32.9 Å². The molecule has 0 unspecified atom stereocenters. The van der Waals surface area contributed by atoms with E-state index in [0.29, 0.717) is 18.1 Å². The number of nitrogens with two attached hydrogens (primary N) is 1. The quantitative estimate of drug-likeness (QED) is 0.233. The molecule has 0 saturated carbocycles. The zero-order valence-corrected chi connectivity index (χ0v) is 19.1. The second-order valence-corrected chi connectivity index (χ2v) is 9.47. The van der Waals surface area contributed by atoms with Crippen LogP contribution in [-0.2, 0) is 20.6 Å². The first kappa shape index (κ1) is 24.4. The summed E-state index contributed by atoms with van der Waals surface area (Å²) in [5.41, 5.74) is 5.59. The van der Waals surface area contributed by atoms with E-state index in [4.69, 9.17) is 24.5 Å². The van der Waals surface area contributed by atoms with Crippen LogP contribution >= 0.6 is 7.37 Å². The molecule has 1 heterocycles. The highest BCUT2D eigenvalue weighted by atomic mass is 31.2. The molecule has 1 aromatic heterocycles. The van der Waals surface area contributed by atoms with Gasteiger partial charge in [-0.1, -0.05) is 13.8 Å². The Labute approximate surface area is 180 Å². The van der Waals surface area contributed by atoms with Crippen molar-refractivity contribution in [1.82, 2.24) is 15.0 Å². The third-order valence-electron chi connectivity index (χ3n) is 4.51. The molecular weight excluding hydrogens is 427 g/mol. The predicted octanol–water partition coefficient (Wildman–Crippen LogP) is 2.58. The maximum Gasteiger partial charge on any atom is 0.361 e. The highest BCUT2D eigenvalue weighted by Gasteiger charge is 2.29. The van der Waals surface area contributed by atoms with Crippen LogP contribution in [0.4, 0.5) is 5.69 Å². The Morgan fingerprint density at radius 2 is 1.61 bits per heavy atom. The van der Waals surface area contributed by atoms with Crippen LogP contribution in [0.15, 0.2) is 12.1 Å². The van der Waals surface area contributed by atoms with E-state index < -0.39 is 19.1 Å². The monoisotopic (exact) mass is 454 g/mol. The van der Waals surface area contributed by atoms with Crippen molar-refractivity contribution in [3.8, 4) is 11.5 Å². The SMILES string of the molecule is CCOC(=O)c1nn(COP(=O)(CC)CC)nc1C(=O)c1cc(OC)c(OC)cc1N. The van der Waals surface area contributed by atoms with Crippen molar-refractivity contribution in [3.05, 3.63) is 29.1 Å². The summed E-state index contributed by atoms with van der Waals surface area (Å²) >= 11 is 0. The number of benzene rings is 1. The molecule has 12 heteroatoms. The van der Waals surface area contributed by atoms with Crippen LogP contribution in [0.25, 0.3) is 0 Å². The minimum absolute atomic E-state index is 0.0453. The minimum Gasteiger partial charge on any atom is -0.493 e. The molecule has 2 N–H and O–H groups in total. The van der Waals surface area contributed by atoms with E-state index in [9.17, 15) is 14.2 Å². The first-order valence-corrected chi connectivity index (χ1v) is 11.6. The lowest BCUT2D eigenvalue weighted by Gasteiger charge is -2.13. The first-order chi connectivity index (χ1) is 14.7. The zero-order valence-electron chi connectivity index (χ0n) is 18.2. The lowest BCUT2D eigenvalue weighted by Crippen LogP contribution is -2.14. The predicted molar refractivity (Wildman–Crippen MR) is 113 cm³/mol. The van der Waals surface area contributed by atoms with Crippen molar-refractivity contribution in [2.24, 2.45) is 0 Å². The second-order valence-electron chi connectivity index (χ2n) is 6.32. The van der Waals surface area contributed by atoms with Crippen LogP contribution in [-0.4, -0.2) is 59.9 Å². The molecule has 0 aliphatic carbocycles. The summed E-state index contributed by atoms with van der Waals surface area (Å²) in [7, 11) is 0.00474. The summed E-state index contributed by atoms with van der Waals surface area (Å²) in [4.78, 5) is 26.6. The fourth-order valence-electron chi connectivity index (χ4n) is 2.68. The standard InChI is InChI=1S/C19H27N4O7P/c1-6-29-19(25)17-16(21-23(22-17)11-30-31(26,7-2)8-3)18(24)12-9-14(27-4)15(28-5)10-13(12)20/h9-10H,6-8,11,20H2,1-5H3. The summed E-state index contributed by atoms with van der Waals surface area (Å²) in [5, 5.41) is 8.10. The first-order valence-electron chi connectivity index (χ1n) is 9.64. The maximum absolute atomic E-state index is 13.2. The lowest BCUT2D eigenvalue weighted by atomic mass is 10.0. The van der Waals surface area contributed by atoms with Gasteiger partial charge in [0.2, 0.25) is 18.8 Å². The van der Waals surface area contributed by atoms with E-state index in [1.54, 1.807) is 20.8 Å². The molecule has 2 rings (SSSR count). The van der Waals surface area contributed by atoms with Crippen molar-refractivity contribution in [2.45, 2.75) is 27.5 Å². The van der Waals surface area contributed by atoms with E-state index in [0.717, 1.165) is 4.80 Å². The van der Waals surface area contributed by atoms with Gasteiger partial charge < -0.3 is 24.5 Å². The van der Waals surface area contributed by atoms with Gasteiger partial charge >= 0.3 is 5.97 Å². The third kappa shape index (κ3) is 5.42. The zero-order chi connectivity index (χ0) is 23.2. The average Bonchev–Trinajstić information content (AvgIpc) is 3.21. The van der Waals surface area contributed by atoms with Crippen molar-refractivity contribution in [1.29, 1.82) is 0 Å². The fourth-order valence-corrected chi connectivity index (χ4v) is 3.80. The van der Waals surface area contributed by atoms with Gasteiger partial charge in [-0.25, -0.2) is 4.79 Å². The smallest absolute Gasteiger partial charge is 0.361 e. The normalized spacial score (nSPS) is 11.3. The molecular formula is C19H27N4O7P. The van der Waals surface area contributed by atoms with Crippen LogP contribution < -0.4 is 15.2 Å². The molecule has 1 aromatic carbocycles. The molecule has 0 amide bonds. The van der Waals surface area contributed by atoms with Crippen LogP contribution in [0.3, 0.4) is 0 Å². The number of hydrogen-bond acceptors (Lipinski definition) is 10. The van der Waals surface area contributed by atoms with Crippen LogP contribution in [0.5, 0.6) is 11.5 Å². The number of nitrogen functional groups attached to an aromatic ring is 1. The molecule has 2 aromatic rings. The van der Waals surface area contributed by atoms with Crippen molar-refractivity contribution >= 4 is 24.8 Å². The molecule has 0 bridgehead atoms. The van der Waals surface area contributed by atoms with E-state index >= 15 is 0 Å². The van der Waals surface area contributed by atoms with Gasteiger partial charge in [-0.15, -0.1) is 10.2 Å². The Hall–Kier alpha value is -2.91. The molecule has 170 valence electrons. The molecule has 0 radical (unpaired) electrons. The van der Waals surface area contributed by atoms with E-state index in [1.807, 2.05) is 0 Å². The van der Waals surface area contributed by atoms with Gasteiger partial charge in [0, 0.05) is 24.1 Å². The Morgan fingerprint density at radius 3 is 2.16 bits per heavy atom. The summed E-state index contributed by atoms with van der Waals surface area (Å²) in [6.45, 7) is 4.91. The second kappa shape index (κ2) is 10.4. The van der Waals surface area contributed by atoms with Gasteiger partial charge in [0.25, 0.3) is 0 Å². The Bertz CT molecular complexity index is 997. The van der Waals surface area contributed by atoms with Crippen LogP contribution in [0, 0.1) is 0 Å². The van der Waals surface area contributed by atoms with Gasteiger partial charge in [0.05, 0.1) is 26.4 Å². The molecule has 0 atom stereocenters. The fraction of sp³-hybridized carbons (Fsp3) is 0.474. The van der Waals surface area contributed by atoms with Gasteiger partial charge in [-0.3, -0.25) is 9.36 Å². The van der Waals surface area contributed by atoms with E-state index in [-0.39, 0.29) is 41.7 Å². The number of methoxy groups -OCH3 is 2. The number of ketones is 1. The number of rotatable bonds is 11.